The highest BCUT2D eigenvalue weighted by Crippen LogP contribution is 2.38. The van der Waals surface area contributed by atoms with Crippen molar-refractivity contribution in [1.82, 2.24) is 15.3 Å². The number of hydrogen-bond donors (Lipinski definition) is 3. The molecule has 0 saturated heterocycles. The van der Waals surface area contributed by atoms with Crippen molar-refractivity contribution in [2.24, 2.45) is 0 Å². The Morgan fingerprint density at radius 1 is 1.00 bits per heavy atom. The van der Waals surface area contributed by atoms with E-state index in [9.17, 15) is 23.5 Å². The third-order valence-electron chi connectivity index (χ3n) is 5.28. The van der Waals surface area contributed by atoms with Crippen molar-refractivity contribution in [2.45, 2.75) is 0 Å². The van der Waals surface area contributed by atoms with E-state index in [1.54, 1.807) is 6.07 Å². The van der Waals surface area contributed by atoms with E-state index in [2.05, 4.69) is 20.6 Å². The molecule has 0 fully saturated rings. The lowest BCUT2D eigenvalue weighted by molar-refractivity contribution is 0.102. The number of fused-ring (bicyclic) bond motifs is 1. The molecular weight excluding hydrogens is 518 g/mol. The number of alkyl carbamates (subject to hydrolysis) is 1. The highest BCUT2D eigenvalue weighted by atomic mass is 19.1. The van der Waals surface area contributed by atoms with Gasteiger partial charge in [0.25, 0.3) is 5.91 Å². The van der Waals surface area contributed by atoms with E-state index < -0.39 is 29.4 Å². The van der Waals surface area contributed by atoms with E-state index in [0.29, 0.717) is 16.7 Å². The average Bonchev–Trinajstić information content (AvgIpc) is 2.92. The Kier molecular flexibility index (Phi) is 8.19. The summed E-state index contributed by atoms with van der Waals surface area (Å²) >= 11 is 0. The summed E-state index contributed by atoms with van der Waals surface area (Å²) in [5.74, 6) is -3.39. The average molecular weight is 540 g/mol. The Hall–Kier alpha value is -5.20. The highest BCUT2D eigenvalue weighted by Gasteiger charge is 2.19. The quantitative estimate of drug-likeness (QED) is 0.263. The van der Waals surface area contributed by atoms with Gasteiger partial charge in [0, 0.05) is 54.9 Å². The lowest BCUT2D eigenvalue weighted by Crippen LogP contribution is -2.21. The van der Waals surface area contributed by atoms with E-state index in [4.69, 9.17) is 18.9 Å². The first-order chi connectivity index (χ1) is 18.8. The maximum absolute atomic E-state index is 14.9. The number of hydrogen-bond acceptors (Lipinski definition) is 9. The van der Waals surface area contributed by atoms with Gasteiger partial charge < -0.3 is 34.7 Å². The Balaban J connectivity index is 1.56. The summed E-state index contributed by atoms with van der Waals surface area (Å²) in [7, 11) is 2.84. The number of nitrogens with zero attached hydrogens (tertiary/aromatic N) is 2. The number of rotatable bonds is 9. The SMILES string of the molecule is CNC(=O)OCCOc1cc2nccc(Oc3c(F)cc(NC(=O)c4cnccc4O)cc3F)c2cc1OC. The van der Waals surface area contributed by atoms with Gasteiger partial charge in [0.05, 0.1) is 18.2 Å². The fourth-order valence-corrected chi connectivity index (χ4v) is 3.45. The molecule has 0 saturated carbocycles. The second-order valence-corrected chi connectivity index (χ2v) is 7.78. The summed E-state index contributed by atoms with van der Waals surface area (Å²) < 4.78 is 51.3. The van der Waals surface area contributed by atoms with Crippen LogP contribution < -0.4 is 24.8 Å². The number of halogens is 2. The highest BCUT2D eigenvalue weighted by molar-refractivity contribution is 6.05. The van der Waals surface area contributed by atoms with Crippen LogP contribution >= 0.6 is 0 Å². The molecule has 4 rings (SSSR count). The molecule has 2 aromatic carbocycles. The van der Waals surface area contributed by atoms with E-state index in [0.717, 1.165) is 18.3 Å². The van der Waals surface area contributed by atoms with Crippen LogP contribution in [0.5, 0.6) is 28.7 Å². The molecule has 0 aliphatic rings. The van der Waals surface area contributed by atoms with Gasteiger partial charge in [0.1, 0.15) is 24.7 Å². The van der Waals surface area contributed by atoms with Gasteiger partial charge in [0.2, 0.25) is 0 Å². The second kappa shape index (κ2) is 11.9. The largest absolute Gasteiger partial charge is 0.507 e. The molecule has 4 aromatic rings. The Bertz CT molecular complexity index is 1510. The van der Waals surface area contributed by atoms with Gasteiger partial charge in [-0.25, -0.2) is 13.6 Å². The number of methoxy groups -OCH3 is 1. The lowest BCUT2D eigenvalue weighted by atomic mass is 10.1. The lowest BCUT2D eigenvalue weighted by Gasteiger charge is -2.15. The fourth-order valence-electron chi connectivity index (χ4n) is 3.45. The van der Waals surface area contributed by atoms with E-state index in [1.807, 2.05) is 0 Å². The number of amides is 2. The smallest absolute Gasteiger partial charge is 0.406 e. The fraction of sp³-hybridized carbons (Fsp3) is 0.154. The predicted octanol–water partition coefficient (Wildman–Crippen LogP) is 4.40. The van der Waals surface area contributed by atoms with Crippen LogP contribution in [0.15, 0.2) is 55.0 Å². The number of benzene rings is 2. The molecule has 0 radical (unpaired) electrons. The minimum atomic E-state index is -1.09. The van der Waals surface area contributed by atoms with Gasteiger partial charge in [-0.05, 0) is 18.2 Å². The standard InChI is InChI=1S/C26H22F2N4O7/c1-29-26(35)38-8-7-37-23-12-19-15(11-22(23)36-2)21(4-6-31-19)39-24-17(27)9-14(10-18(24)28)32-25(34)16-13-30-5-3-20(16)33/h3-6,9-13H,7-8H2,1-2H3,(H,29,35)(H,30,33)(H,32,34). The maximum atomic E-state index is 14.9. The molecule has 2 amide bonds. The van der Waals surface area contributed by atoms with Crippen molar-refractivity contribution in [1.29, 1.82) is 0 Å². The molecule has 0 bridgehead atoms. The minimum absolute atomic E-state index is 0.0180. The monoisotopic (exact) mass is 540 g/mol. The molecule has 2 aromatic heterocycles. The first-order valence-electron chi connectivity index (χ1n) is 11.4. The third kappa shape index (κ3) is 6.21. The van der Waals surface area contributed by atoms with Crippen molar-refractivity contribution < 1.29 is 42.4 Å². The van der Waals surface area contributed by atoms with Gasteiger partial charge in [-0.1, -0.05) is 0 Å². The van der Waals surface area contributed by atoms with Crippen LogP contribution in [0.25, 0.3) is 10.9 Å². The van der Waals surface area contributed by atoms with Crippen LogP contribution in [0.3, 0.4) is 0 Å². The molecule has 0 unspecified atom stereocenters. The van der Waals surface area contributed by atoms with Crippen molar-refractivity contribution in [3.05, 3.63) is 72.2 Å². The molecule has 39 heavy (non-hydrogen) atoms. The molecule has 2 heterocycles. The summed E-state index contributed by atoms with van der Waals surface area (Å²) in [4.78, 5) is 31.5. The number of aromatic nitrogens is 2. The number of carbonyl (C=O) groups excluding carboxylic acids is 2. The van der Waals surface area contributed by atoms with E-state index in [1.165, 1.54) is 44.8 Å². The Morgan fingerprint density at radius 2 is 1.77 bits per heavy atom. The van der Waals surface area contributed by atoms with Crippen molar-refractivity contribution >= 4 is 28.6 Å². The summed E-state index contributed by atoms with van der Waals surface area (Å²) in [5.41, 5.74) is 0.00345. The zero-order valence-electron chi connectivity index (χ0n) is 20.7. The molecule has 13 heteroatoms. The molecule has 0 atom stereocenters. The van der Waals surface area contributed by atoms with Crippen molar-refractivity contribution in [3.63, 3.8) is 0 Å². The number of nitrogens with one attached hydrogen (secondary N) is 2. The third-order valence-corrected chi connectivity index (χ3v) is 5.28. The summed E-state index contributed by atoms with van der Waals surface area (Å²) in [6.45, 7) is 0.0149. The summed E-state index contributed by atoms with van der Waals surface area (Å²) in [6, 6.07) is 7.44. The van der Waals surface area contributed by atoms with Gasteiger partial charge in [-0.3, -0.25) is 14.8 Å². The second-order valence-electron chi connectivity index (χ2n) is 7.78. The molecule has 202 valence electrons. The van der Waals surface area contributed by atoms with Crippen LogP contribution in [0.2, 0.25) is 0 Å². The summed E-state index contributed by atoms with van der Waals surface area (Å²) in [5, 5.41) is 14.8. The number of carbonyl (C=O) groups is 2. The maximum Gasteiger partial charge on any atom is 0.406 e. The molecule has 0 spiro atoms. The van der Waals surface area contributed by atoms with Crippen LogP contribution in [-0.4, -0.2) is 54.4 Å². The van der Waals surface area contributed by atoms with E-state index >= 15 is 0 Å². The predicted molar refractivity (Wildman–Crippen MR) is 134 cm³/mol. The summed E-state index contributed by atoms with van der Waals surface area (Å²) in [6.07, 6.45) is 3.18. The molecular formula is C26H22F2N4O7. The van der Waals surface area contributed by atoms with Gasteiger partial charge in [-0.15, -0.1) is 0 Å². The van der Waals surface area contributed by atoms with Crippen LogP contribution in [-0.2, 0) is 4.74 Å². The molecule has 11 nitrogen and oxygen atoms in total. The van der Waals surface area contributed by atoms with Gasteiger partial charge in [0.15, 0.2) is 28.9 Å². The van der Waals surface area contributed by atoms with Crippen molar-refractivity contribution in [3.8, 4) is 28.7 Å². The molecule has 0 aliphatic heterocycles. The van der Waals surface area contributed by atoms with Crippen molar-refractivity contribution in [2.75, 3.05) is 32.7 Å². The topological polar surface area (TPSA) is 141 Å². The molecule has 0 aliphatic carbocycles. The number of anilines is 1. The minimum Gasteiger partial charge on any atom is -0.507 e. The molecule has 3 N–H and O–H groups in total. The van der Waals surface area contributed by atoms with Crippen LogP contribution in [0, 0.1) is 11.6 Å². The van der Waals surface area contributed by atoms with Crippen LogP contribution in [0.1, 0.15) is 10.4 Å². The van der Waals surface area contributed by atoms with Crippen LogP contribution in [0.4, 0.5) is 19.3 Å². The van der Waals surface area contributed by atoms with Gasteiger partial charge >= 0.3 is 6.09 Å². The number of aromatic hydroxyl groups is 1. The zero-order chi connectivity index (χ0) is 27.9. The Labute approximate surface area is 220 Å². The first-order valence-corrected chi connectivity index (χ1v) is 11.4. The van der Waals surface area contributed by atoms with E-state index in [-0.39, 0.29) is 41.7 Å². The number of ether oxygens (including phenoxy) is 4. The first kappa shape index (κ1) is 26.9. The Morgan fingerprint density at radius 3 is 2.46 bits per heavy atom. The normalized spacial score (nSPS) is 10.6. The zero-order valence-corrected chi connectivity index (χ0v) is 20.7. The van der Waals surface area contributed by atoms with Gasteiger partial charge in [-0.2, -0.15) is 0 Å². The number of pyridine rings is 2.